The van der Waals surface area contributed by atoms with Gasteiger partial charge >= 0.3 is 5.97 Å². The summed E-state index contributed by atoms with van der Waals surface area (Å²) in [6.07, 6.45) is -1.89. The predicted octanol–water partition coefficient (Wildman–Crippen LogP) is 3.41. The number of esters is 1. The number of benzene rings is 2. The zero-order valence-electron chi connectivity index (χ0n) is 16.3. The number of rotatable bonds is 8. The molecule has 0 radical (unpaired) electrons. The highest BCUT2D eigenvalue weighted by molar-refractivity contribution is 5.84. The fraction of sp³-hybridized carbons (Fsp3) is 0.333. The molecule has 0 heterocycles. The van der Waals surface area contributed by atoms with Crippen molar-refractivity contribution in [3.8, 4) is 11.5 Å². The third-order valence-electron chi connectivity index (χ3n) is 4.10. The van der Waals surface area contributed by atoms with Crippen molar-refractivity contribution in [2.75, 3.05) is 7.11 Å². The Hall–Kier alpha value is -3.09. The van der Waals surface area contributed by atoms with Crippen molar-refractivity contribution in [2.24, 2.45) is 0 Å². The van der Waals surface area contributed by atoms with Crippen LogP contribution < -0.4 is 14.8 Å². The molecule has 3 unspecified atom stereocenters. The van der Waals surface area contributed by atoms with Crippen LogP contribution in [0.15, 0.2) is 48.5 Å². The number of halogens is 1. The molecule has 0 saturated heterocycles. The average Bonchev–Trinajstić information content (AvgIpc) is 2.68. The lowest BCUT2D eigenvalue weighted by atomic mass is 10.1. The van der Waals surface area contributed by atoms with Crippen LogP contribution in [0.1, 0.15) is 32.4 Å². The summed E-state index contributed by atoms with van der Waals surface area (Å²) < 4.78 is 28.8. The Bertz CT molecular complexity index is 791. The summed E-state index contributed by atoms with van der Waals surface area (Å²) in [6, 6.07) is 12.2. The molecule has 28 heavy (non-hydrogen) atoms. The average molecular weight is 389 g/mol. The number of hydrogen-bond donors (Lipinski definition) is 1. The van der Waals surface area contributed by atoms with Gasteiger partial charge in [-0.2, -0.15) is 0 Å². The van der Waals surface area contributed by atoms with Gasteiger partial charge in [0.25, 0.3) is 5.91 Å². The fourth-order valence-electron chi connectivity index (χ4n) is 2.40. The first-order chi connectivity index (χ1) is 13.3. The van der Waals surface area contributed by atoms with Gasteiger partial charge in [0.1, 0.15) is 17.3 Å². The minimum Gasteiger partial charge on any atom is -0.497 e. The molecule has 0 aliphatic carbocycles. The quantitative estimate of drug-likeness (QED) is 0.701. The topological polar surface area (TPSA) is 73.9 Å². The third kappa shape index (κ3) is 5.97. The second-order valence-electron chi connectivity index (χ2n) is 6.30. The molecule has 0 aliphatic heterocycles. The van der Waals surface area contributed by atoms with Gasteiger partial charge in [-0.1, -0.05) is 12.1 Å². The maximum atomic E-state index is 13.0. The molecule has 0 bridgehead atoms. The van der Waals surface area contributed by atoms with Crippen molar-refractivity contribution in [1.82, 2.24) is 5.32 Å². The molecule has 0 fully saturated rings. The van der Waals surface area contributed by atoms with Crippen LogP contribution in [-0.4, -0.2) is 31.2 Å². The largest absolute Gasteiger partial charge is 0.497 e. The van der Waals surface area contributed by atoms with Crippen LogP contribution in [0.25, 0.3) is 0 Å². The van der Waals surface area contributed by atoms with Crippen LogP contribution >= 0.6 is 0 Å². The number of methoxy groups -OCH3 is 1. The Morgan fingerprint density at radius 3 is 2.04 bits per heavy atom. The Labute approximate surface area is 163 Å². The summed E-state index contributed by atoms with van der Waals surface area (Å²) in [5.74, 6) is -0.319. The lowest BCUT2D eigenvalue weighted by Crippen LogP contribution is -2.39. The molecule has 1 N–H and O–H groups in total. The normalized spacial score (nSPS) is 13.8. The standard InChI is InChI=1S/C21H24FNO5/c1-13(16-5-7-17(22)8-6-16)23-20(24)14(2)28-21(25)15(3)27-19-11-9-18(26-4)10-12-19/h5-15H,1-4H3,(H,23,24). The van der Waals surface area contributed by atoms with Crippen molar-refractivity contribution in [3.63, 3.8) is 0 Å². The van der Waals surface area contributed by atoms with E-state index < -0.39 is 24.1 Å². The molecule has 2 rings (SSSR count). The van der Waals surface area contributed by atoms with Gasteiger partial charge in [-0.05, 0) is 62.7 Å². The third-order valence-corrected chi connectivity index (χ3v) is 4.10. The summed E-state index contributed by atoms with van der Waals surface area (Å²) in [6.45, 7) is 4.78. The first-order valence-electron chi connectivity index (χ1n) is 8.87. The molecule has 3 atom stereocenters. The highest BCUT2D eigenvalue weighted by Gasteiger charge is 2.24. The van der Waals surface area contributed by atoms with E-state index in [0.717, 1.165) is 5.56 Å². The van der Waals surface area contributed by atoms with Crippen molar-refractivity contribution in [3.05, 3.63) is 59.9 Å². The van der Waals surface area contributed by atoms with Crippen LogP contribution in [0.4, 0.5) is 4.39 Å². The van der Waals surface area contributed by atoms with Gasteiger partial charge in [0, 0.05) is 0 Å². The van der Waals surface area contributed by atoms with Crippen LogP contribution in [-0.2, 0) is 14.3 Å². The summed E-state index contributed by atoms with van der Waals surface area (Å²) in [5.41, 5.74) is 0.740. The summed E-state index contributed by atoms with van der Waals surface area (Å²) in [4.78, 5) is 24.4. The lowest BCUT2D eigenvalue weighted by molar-refractivity contribution is -0.161. The zero-order chi connectivity index (χ0) is 20.7. The van der Waals surface area contributed by atoms with E-state index >= 15 is 0 Å². The second kappa shape index (κ2) is 9.73. The molecule has 0 aromatic heterocycles. The van der Waals surface area contributed by atoms with Gasteiger partial charge in [-0.3, -0.25) is 4.79 Å². The molecule has 0 aliphatic rings. The van der Waals surface area contributed by atoms with E-state index in [2.05, 4.69) is 5.32 Å². The first kappa shape index (κ1) is 21.2. The molecule has 2 aromatic rings. The number of carbonyl (C=O) groups excluding carboxylic acids is 2. The smallest absolute Gasteiger partial charge is 0.347 e. The van der Waals surface area contributed by atoms with Crippen LogP contribution in [0.5, 0.6) is 11.5 Å². The van der Waals surface area contributed by atoms with Crippen molar-refractivity contribution in [1.29, 1.82) is 0 Å². The van der Waals surface area contributed by atoms with Gasteiger partial charge in [-0.25, -0.2) is 9.18 Å². The number of hydrogen-bond acceptors (Lipinski definition) is 5. The highest BCUT2D eigenvalue weighted by Crippen LogP contribution is 2.19. The second-order valence-corrected chi connectivity index (χ2v) is 6.30. The van der Waals surface area contributed by atoms with E-state index in [9.17, 15) is 14.0 Å². The predicted molar refractivity (Wildman–Crippen MR) is 102 cm³/mol. The van der Waals surface area contributed by atoms with Gasteiger partial charge in [0.2, 0.25) is 0 Å². The lowest BCUT2D eigenvalue weighted by Gasteiger charge is -2.20. The van der Waals surface area contributed by atoms with Gasteiger partial charge in [-0.15, -0.1) is 0 Å². The Kier molecular flexibility index (Phi) is 7.37. The maximum Gasteiger partial charge on any atom is 0.347 e. The van der Waals surface area contributed by atoms with Crippen molar-refractivity contribution >= 4 is 11.9 Å². The fourth-order valence-corrected chi connectivity index (χ4v) is 2.40. The van der Waals surface area contributed by atoms with E-state index in [-0.39, 0.29) is 11.9 Å². The van der Waals surface area contributed by atoms with Crippen LogP contribution in [0, 0.1) is 5.82 Å². The number of carbonyl (C=O) groups is 2. The summed E-state index contributed by atoms with van der Waals surface area (Å²) >= 11 is 0. The van der Waals surface area contributed by atoms with E-state index in [1.807, 2.05) is 0 Å². The molecule has 150 valence electrons. The number of nitrogens with one attached hydrogen (secondary N) is 1. The monoisotopic (exact) mass is 389 g/mol. The number of ether oxygens (including phenoxy) is 3. The molecular formula is C21H24FNO5. The summed E-state index contributed by atoms with van der Waals surface area (Å²) in [5, 5.41) is 2.73. The molecule has 0 saturated carbocycles. The van der Waals surface area contributed by atoms with E-state index in [1.54, 1.807) is 57.4 Å². The Balaban J connectivity index is 1.85. The van der Waals surface area contributed by atoms with E-state index in [1.165, 1.54) is 19.1 Å². The van der Waals surface area contributed by atoms with Crippen molar-refractivity contribution in [2.45, 2.75) is 39.0 Å². The van der Waals surface area contributed by atoms with Gasteiger partial charge < -0.3 is 19.5 Å². The molecule has 7 heteroatoms. The van der Waals surface area contributed by atoms with E-state index in [0.29, 0.717) is 11.5 Å². The van der Waals surface area contributed by atoms with Gasteiger partial charge in [0.05, 0.1) is 13.2 Å². The first-order valence-corrected chi connectivity index (χ1v) is 8.87. The molecule has 1 amide bonds. The Morgan fingerprint density at radius 2 is 1.46 bits per heavy atom. The minimum atomic E-state index is -1.00. The summed E-state index contributed by atoms with van der Waals surface area (Å²) in [7, 11) is 1.55. The van der Waals surface area contributed by atoms with Crippen LogP contribution in [0.3, 0.4) is 0 Å². The van der Waals surface area contributed by atoms with E-state index in [4.69, 9.17) is 14.2 Å². The molecule has 6 nitrogen and oxygen atoms in total. The maximum absolute atomic E-state index is 13.0. The molecule has 2 aromatic carbocycles. The van der Waals surface area contributed by atoms with Gasteiger partial charge in [0.15, 0.2) is 12.2 Å². The van der Waals surface area contributed by atoms with Crippen LogP contribution in [0.2, 0.25) is 0 Å². The SMILES string of the molecule is COc1ccc(OC(C)C(=O)OC(C)C(=O)NC(C)c2ccc(F)cc2)cc1. The zero-order valence-corrected chi connectivity index (χ0v) is 16.3. The Morgan fingerprint density at radius 1 is 0.893 bits per heavy atom. The molecule has 0 spiro atoms. The highest BCUT2D eigenvalue weighted by atomic mass is 19.1. The minimum absolute atomic E-state index is 0.351. The van der Waals surface area contributed by atoms with Crippen molar-refractivity contribution < 1.29 is 28.2 Å². The molecular weight excluding hydrogens is 365 g/mol. The number of amides is 1.